The highest BCUT2D eigenvalue weighted by Crippen LogP contribution is 2.05. The van der Waals surface area contributed by atoms with Crippen LogP contribution in [0, 0.1) is 5.92 Å². The fourth-order valence-corrected chi connectivity index (χ4v) is 2.60. The van der Waals surface area contributed by atoms with Crippen LogP contribution in [0.2, 0.25) is 0 Å². The lowest BCUT2D eigenvalue weighted by Gasteiger charge is -2.26. The lowest BCUT2D eigenvalue weighted by molar-refractivity contribution is 0.0372. The van der Waals surface area contributed by atoms with Gasteiger partial charge < -0.3 is 15.4 Å². The molecule has 0 unspecified atom stereocenters. The Bertz CT molecular complexity index is 288. The minimum atomic E-state index is 0.809. The van der Waals surface area contributed by atoms with Crippen LogP contribution < -0.4 is 10.6 Å². The van der Waals surface area contributed by atoms with Crippen molar-refractivity contribution < 1.29 is 4.74 Å². The zero-order chi connectivity index (χ0) is 16.0. The first-order valence-corrected chi connectivity index (χ1v) is 8.97. The molecule has 0 saturated carbocycles. The van der Waals surface area contributed by atoms with Crippen molar-refractivity contribution in [1.82, 2.24) is 15.5 Å². The number of guanidine groups is 1. The molecule has 130 valence electrons. The molecule has 0 atom stereocenters. The number of nitrogens with one attached hydrogen (secondary N) is 2. The first-order chi connectivity index (χ1) is 10.7. The number of aliphatic imine (C=N–C) groups is 1. The summed E-state index contributed by atoms with van der Waals surface area (Å²) in [6.45, 7) is 11.7. The van der Waals surface area contributed by atoms with Gasteiger partial charge in [-0.25, -0.2) is 0 Å². The normalized spacial score (nSPS) is 17.0. The van der Waals surface area contributed by atoms with Gasteiger partial charge in [0.1, 0.15) is 0 Å². The van der Waals surface area contributed by atoms with Gasteiger partial charge in [0, 0.05) is 33.2 Å². The molecule has 5 heteroatoms. The van der Waals surface area contributed by atoms with E-state index in [4.69, 9.17) is 4.74 Å². The topological polar surface area (TPSA) is 48.9 Å². The Labute approximate surface area is 136 Å². The molecule has 0 radical (unpaired) electrons. The molecule has 0 bridgehead atoms. The SMILES string of the molecule is CN=C(NCCCCC(C)C)NCCCCN1CCOCC1. The predicted octanol–water partition coefficient (Wildman–Crippen LogP) is 2.09. The summed E-state index contributed by atoms with van der Waals surface area (Å²) in [6, 6.07) is 0. The Balaban J connectivity index is 1.94. The van der Waals surface area contributed by atoms with Gasteiger partial charge in [-0.15, -0.1) is 0 Å². The molecule has 0 aliphatic carbocycles. The van der Waals surface area contributed by atoms with Gasteiger partial charge in [0.2, 0.25) is 0 Å². The molecule has 1 aliphatic heterocycles. The van der Waals surface area contributed by atoms with Gasteiger partial charge in [0.15, 0.2) is 5.96 Å². The molecule has 0 aromatic heterocycles. The fourth-order valence-electron chi connectivity index (χ4n) is 2.60. The Hall–Kier alpha value is -0.810. The van der Waals surface area contributed by atoms with E-state index in [1.165, 1.54) is 38.6 Å². The molecule has 0 amide bonds. The maximum atomic E-state index is 5.36. The van der Waals surface area contributed by atoms with Crippen LogP contribution in [-0.2, 0) is 4.74 Å². The molecular weight excluding hydrogens is 276 g/mol. The number of unbranched alkanes of at least 4 members (excludes halogenated alkanes) is 2. The average molecular weight is 313 g/mol. The Morgan fingerprint density at radius 2 is 1.68 bits per heavy atom. The second-order valence-electron chi connectivity index (χ2n) is 6.48. The molecule has 0 spiro atoms. The molecule has 1 saturated heterocycles. The summed E-state index contributed by atoms with van der Waals surface area (Å²) in [6.07, 6.45) is 6.25. The summed E-state index contributed by atoms with van der Waals surface area (Å²) >= 11 is 0. The number of rotatable bonds is 10. The summed E-state index contributed by atoms with van der Waals surface area (Å²) in [4.78, 5) is 6.77. The lowest BCUT2D eigenvalue weighted by Crippen LogP contribution is -2.39. The summed E-state index contributed by atoms with van der Waals surface area (Å²) in [5, 5.41) is 6.80. The summed E-state index contributed by atoms with van der Waals surface area (Å²) in [5.41, 5.74) is 0. The smallest absolute Gasteiger partial charge is 0.190 e. The average Bonchev–Trinajstić information content (AvgIpc) is 2.53. The quantitative estimate of drug-likeness (QED) is 0.368. The van der Waals surface area contributed by atoms with Crippen LogP contribution in [0.4, 0.5) is 0 Å². The van der Waals surface area contributed by atoms with Crippen LogP contribution >= 0.6 is 0 Å². The Kier molecular flexibility index (Phi) is 11.1. The minimum Gasteiger partial charge on any atom is -0.379 e. The molecule has 1 rings (SSSR count). The zero-order valence-electron chi connectivity index (χ0n) is 14.9. The molecule has 5 nitrogen and oxygen atoms in total. The summed E-state index contributed by atoms with van der Waals surface area (Å²) in [5.74, 6) is 1.75. The van der Waals surface area contributed by atoms with E-state index in [1.54, 1.807) is 0 Å². The van der Waals surface area contributed by atoms with Gasteiger partial charge in [0.25, 0.3) is 0 Å². The van der Waals surface area contributed by atoms with Crippen molar-refractivity contribution in [2.24, 2.45) is 10.9 Å². The molecule has 2 N–H and O–H groups in total. The highest BCUT2D eigenvalue weighted by molar-refractivity contribution is 5.79. The van der Waals surface area contributed by atoms with Gasteiger partial charge >= 0.3 is 0 Å². The van der Waals surface area contributed by atoms with E-state index >= 15 is 0 Å². The molecular formula is C17H36N4O. The third-order valence-corrected chi connectivity index (χ3v) is 4.02. The van der Waals surface area contributed by atoms with Crippen molar-refractivity contribution in [3.8, 4) is 0 Å². The number of ether oxygens (including phenoxy) is 1. The summed E-state index contributed by atoms with van der Waals surface area (Å²) in [7, 11) is 1.84. The second-order valence-corrected chi connectivity index (χ2v) is 6.48. The summed E-state index contributed by atoms with van der Waals surface area (Å²) < 4.78 is 5.36. The van der Waals surface area contributed by atoms with E-state index in [-0.39, 0.29) is 0 Å². The maximum absolute atomic E-state index is 5.36. The first kappa shape index (κ1) is 19.2. The van der Waals surface area contributed by atoms with Gasteiger partial charge in [-0.1, -0.05) is 26.7 Å². The minimum absolute atomic E-state index is 0.809. The number of hydrogen-bond donors (Lipinski definition) is 2. The monoisotopic (exact) mass is 312 g/mol. The molecule has 22 heavy (non-hydrogen) atoms. The molecule has 1 aliphatic rings. The van der Waals surface area contributed by atoms with E-state index in [0.717, 1.165) is 51.3 Å². The molecule has 1 fully saturated rings. The zero-order valence-corrected chi connectivity index (χ0v) is 14.9. The Morgan fingerprint density at radius 1 is 1.05 bits per heavy atom. The predicted molar refractivity (Wildman–Crippen MR) is 94.5 cm³/mol. The molecule has 0 aromatic carbocycles. The van der Waals surface area contributed by atoms with Crippen molar-refractivity contribution >= 4 is 5.96 Å². The van der Waals surface area contributed by atoms with Crippen LogP contribution in [0.3, 0.4) is 0 Å². The Morgan fingerprint density at radius 3 is 2.27 bits per heavy atom. The molecule has 1 heterocycles. The van der Waals surface area contributed by atoms with Crippen LogP contribution in [0.1, 0.15) is 46.0 Å². The number of morpholine rings is 1. The third-order valence-electron chi connectivity index (χ3n) is 4.02. The van der Waals surface area contributed by atoms with E-state index < -0.39 is 0 Å². The highest BCUT2D eigenvalue weighted by atomic mass is 16.5. The van der Waals surface area contributed by atoms with Crippen LogP contribution in [0.15, 0.2) is 4.99 Å². The maximum Gasteiger partial charge on any atom is 0.190 e. The van der Waals surface area contributed by atoms with Crippen molar-refractivity contribution in [3.63, 3.8) is 0 Å². The van der Waals surface area contributed by atoms with E-state index in [0.29, 0.717) is 0 Å². The van der Waals surface area contributed by atoms with Crippen molar-refractivity contribution in [1.29, 1.82) is 0 Å². The van der Waals surface area contributed by atoms with E-state index in [2.05, 4.69) is 34.4 Å². The largest absolute Gasteiger partial charge is 0.379 e. The van der Waals surface area contributed by atoms with Gasteiger partial charge in [-0.05, 0) is 31.7 Å². The fraction of sp³-hybridized carbons (Fsp3) is 0.941. The number of hydrogen-bond acceptors (Lipinski definition) is 3. The van der Waals surface area contributed by atoms with Gasteiger partial charge in [-0.2, -0.15) is 0 Å². The van der Waals surface area contributed by atoms with Crippen molar-refractivity contribution in [2.75, 3.05) is 53.0 Å². The standard InChI is InChI=1S/C17H36N4O/c1-16(2)8-4-5-9-19-17(18-3)20-10-6-7-11-21-12-14-22-15-13-21/h16H,4-15H2,1-3H3,(H2,18,19,20). The first-order valence-electron chi connectivity index (χ1n) is 8.97. The van der Waals surface area contributed by atoms with E-state index in [9.17, 15) is 0 Å². The lowest BCUT2D eigenvalue weighted by atomic mass is 10.1. The third kappa shape index (κ3) is 10.0. The van der Waals surface area contributed by atoms with Crippen molar-refractivity contribution in [3.05, 3.63) is 0 Å². The van der Waals surface area contributed by atoms with Gasteiger partial charge in [0.05, 0.1) is 13.2 Å². The van der Waals surface area contributed by atoms with Crippen LogP contribution in [0.25, 0.3) is 0 Å². The number of nitrogens with zero attached hydrogens (tertiary/aromatic N) is 2. The second kappa shape index (κ2) is 12.7. The van der Waals surface area contributed by atoms with Crippen LogP contribution in [-0.4, -0.2) is 63.8 Å². The van der Waals surface area contributed by atoms with Crippen molar-refractivity contribution in [2.45, 2.75) is 46.0 Å². The van der Waals surface area contributed by atoms with E-state index in [1.807, 2.05) is 7.05 Å². The van der Waals surface area contributed by atoms with Crippen LogP contribution in [0.5, 0.6) is 0 Å². The highest BCUT2D eigenvalue weighted by Gasteiger charge is 2.08. The molecule has 0 aromatic rings. The van der Waals surface area contributed by atoms with Gasteiger partial charge in [-0.3, -0.25) is 9.89 Å².